The lowest BCUT2D eigenvalue weighted by Gasteiger charge is -2.25. The van der Waals surface area contributed by atoms with Crippen LogP contribution in [-0.4, -0.2) is 61.6 Å². The highest BCUT2D eigenvalue weighted by atomic mass is 32.2. The van der Waals surface area contributed by atoms with Crippen LogP contribution in [0.25, 0.3) is 0 Å². The molecule has 3 heterocycles. The van der Waals surface area contributed by atoms with Gasteiger partial charge in [-0.1, -0.05) is 12.5 Å². The zero-order chi connectivity index (χ0) is 21.6. The van der Waals surface area contributed by atoms with E-state index < -0.39 is 10.0 Å². The smallest absolute Gasteiger partial charge is 0.268 e. The summed E-state index contributed by atoms with van der Waals surface area (Å²) < 4.78 is 39.3. The summed E-state index contributed by atoms with van der Waals surface area (Å²) >= 11 is 0. The van der Waals surface area contributed by atoms with Crippen LogP contribution < -0.4 is 10.1 Å². The monoisotopic (exact) mass is 436 g/mol. The van der Waals surface area contributed by atoms with Crippen LogP contribution >= 0.6 is 0 Å². The molecule has 164 valence electrons. The van der Waals surface area contributed by atoms with Crippen molar-refractivity contribution >= 4 is 15.9 Å². The average molecular weight is 437 g/mol. The molecule has 0 bridgehead atoms. The Morgan fingerprint density at radius 3 is 2.73 bits per heavy atom. The Kier molecular flexibility index (Phi) is 7.46. The maximum atomic E-state index is 12.9. The molecule has 0 aliphatic carbocycles. The summed E-state index contributed by atoms with van der Waals surface area (Å²) in [5.74, 6) is 0.0550. The number of nitrogens with zero attached hydrogens (tertiary/aromatic N) is 3. The molecule has 3 rings (SSSR count). The minimum Gasteiger partial charge on any atom is -0.475 e. The fourth-order valence-electron chi connectivity index (χ4n) is 3.33. The normalized spacial score (nSPS) is 15.1. The second-order valence-corrected chi connectivity index (χ2v) is 9.07. The first-order valence-electron chi connectivity index (χ1n) is 9.94. The van der Waals surface area contributed by atoms with Gasteiger partial charge in [-0.2, -0.15) is 4.31 Å². The summed E-state index contributed by atoms with van der Waals surface area (Å²) in [6.45, 7) is 2.02. The van der Waals surface area contributed by atoms with Gasteiger partial charge >= 0.3 is 0 Å². The van der Waals surface area contributed by atoms with E-state index in [1.165, 1.54) is 21.1 Å². The lowest BCUT2D eigenvalue weighted by molar-refractivity contribution is 0.0942. The molecule has 9 nitrogen and oxygen atoms in total. The van der Waals surface area contributed by atoms with Gasteiger partial charge in [-0.15, -0.1) is 0 Å². The number of carbonyl (C=O) groups is 1. The van der Waals surface area contributed by atoms with Gasteiger partial charge in [0.1, 0.15) is 17.2 Å². The molecule has 0 unspecified atom stereocenters. The van der Waals surface area contributed by atoms with E-state index in [4.69, 9.17) is 9.47 Å². The molecular formula is C20H28N4O5S. The number of rotatable bonds is 9. The second-order valence-electron chi connectivity index (χ2n) is 7.13. The Morgan fingerprint density at radius 2 is 2.00 bits per heavy atom. The number of aryl methyl sites for hydroxylation is 1. The molecule has 10 heteroatoms. The van der Waals surface area contributed by atoms with Gasteiger partial charge in [-0.3, -0.25) is 4.79 Å². The number of aromatic nitrogens is 2. The number of piperidine rings is 1. The maximum Gasteiger partial charge on any atom is 0.268 e. The molecule has 2 aromatic heterocycles. The molecule has 0 atom stereocenters. The molecule has 0 saturated carbocycles. The van der Waals surface area contributed by atoms with Crippen molar-refractivity contribution in [1.29, 1.82) is 0 Å². The number of ether oxygens (including phenoxy) is 2. The Morgan fingerprint density at radius 1 is 1.23 bits per heavy atom. The van der Waals surface area contributed by atoms with E-state index in [2.05, 4.69) is 10.3 Å². The number of sulfonamides is 1. The topological polar surface area (TPSA) is 103 Å². The zero-order valence-corrected chi connectivity index (χ0v) is 18.2. The number of hydrogen-bond acceptors (Lipinski definition) is 6. The minimum atomic E-state index is -3.59. The van der Waals surface area contributed by atoms with Crippen molar-refractivity contribution in [3.63, 3.8) is 0 Å². The SMILES string of the molecule is COCCOc1ncccc1CNC(=O)c1cc(S(=O)(=O)N2CCCCC2)cn1C. The molecule has 1 N–H and O–H groups in total. The van der Waals surface area contributed by atoms with Gasteiger partial charge in [0.25, 0.3) is 5.91 Å². The van der Waals surface area contributed by atoms with E-state index in [1.807, 2.05) is 6.07 Å². The van der Waals surface area contributed by atoms with Crippen molar-refractivity contribution in [3.8, 4) is 5.88 Å². The van der Waals surface area contributed by atoms with Crippen LogP contribution in [0, 0.1) is 0 Å². The third-order valence-electron chi connectivity index (χ3n) is 4.98. The van der Waals surface area contributed by atoms with E-state index in [1.54, 1.807) is 26.4 Å². The molecular weight excluding hydrogens is 408 g/mol. The van der Waals surface area contributed by atoms with Crippen molar-refractivity contribution in [3.05, 3.63) is 41.9 Å². The van der Waals surface area contributed by atoms with Gasteiger partial charge in [0, 0.05) is 51.7 Å². The Bertz CT molecular complexity index is 967. The number of methoxy groups -OCH3 is 1. The standard InChI is InChI=1S/C20H28N4O5S/c1-23-15-17(30(26,27)24-9-4-3-5-10-24)13-18(23)19(25)22-14-16-7-6-8-21-20(16)29-12-11-28-2/h6-8,13,15H,3-5,9-12,14H2,1-2H3,(H,22,25). The Labute approximate surface area is 177 Å². The summed E-state index contributed by atoms with van der Waals surface area (Å²) in [6.07, 6.45) is 5.86. The van der Waals surface area contributed by atoms with E-state index >= 15 is 0 Å². The van der Waals surface area contributed by atoms with Crippen LogP contribution in [0.5, 0.6) is 5.88 Å². The third-order valence-corrected chi connectivity index (χ3v) is 6.84. The maximum absolute atomic E-state index is 12.9. The van der Waals surface area contributed by atoms with Gasteiger partial charge in [-0.25, -0.2) is 13.4 Å². The highest BCUT2D eigenvalue weighted by Crippen LogP contribution is 2.22. The van der Waals surface area contributed by atoms with Crippen molar-refractivity contribution in [2.24, 2.45) is 7.05 Å². The average Bonchev–Trinajstić information content (AvgIpc) is 3.16. The summed E-state index contributed by atoms with van der Waals surface area (Å²) in [5.41, 5.74) is 0.994. The third kappa shape index (κ3) is 5.18. The molecule has 1 aliphatic heterocycles. The quantitative estimate of drug-likeness (QED) is 0.599. The van der Waals surface area contributed by atoms with E-state index in [-0.39, 0.29) is 23.0 Å². The van der Waals surface area contributed by atoms with Crippen LogP contribution in [0.2, 0.25) is 0 Å². The molecule has 1 fully saturated rings. The predicted octanol–water partition coefficient (Wildman–Crippen LogP) is 1.55. The zero-order valence-electron chi connectivity index (χ0n) is 17.3. The van der Waals surface area contributed by atoms with Gasteiger partial charge in [0.2, 0.25) is 15.9 Å². The molecule has 1 amide bonds. The van der Waals surface area contributed by atoms with Gasteiger partial charge in [0.05, 0.1) is 6.61 Å². The Hall–Kier alpha value is -2.43. The molecule has 30 heavy (non-hydrogen) atoms. The minimum absolute atomic E-state index is 0.141. The molecule has 0 spiro atoms. The largest absolute Gasteiger partial charge is 0.475 e. The van der Waals surface area contributed by atoms with Crippen LogP contribution in [-0.2, 0) is 28.4 Å². The first-order valence-corrected chi connectivity index (χ1v) is 11.4. The van der Waals surface area contributed by atoms with Crippen molar-refractivity contribution < 1.29 is 22.7 Å². The number of hydrogen-bond donors (Lipinski definition) is 1. The molecule has 2 aromatic rings. The summed E-state index contributed by atoms with van der Waals surface area (Å²) in [5, 5.41) is 2.81. The first-order chi connectivity index (χ1) is 14.4. The van der Waals surface area contributed by atoms with E-state index in [9.17, 15) is 13.2 Å². The van der Waals surface area contributed by atoms with Crippen molar-refractivity contribution in [1.82, 2.24) is 19.2 Å². The van der Waals surface area contributed by atoms with E-state index in [0.717, 1.165) is 24.8 Å². The Balaban J connectivity index is 1.68. The lowest BCUT2D eigenvalue weighted by atomic mass is 10.2. The number of nitrogens with one attached hydrogen (secondary N) is 1. The van der Waals surface area contributed by atoms with Gasteiger partial charge in [-0.05, 0) is 25.0 Å². The fourth-order valence-corrected chi connectivity index (χ4v) is 4.92. The summed E-state index contributed by atoms with van der Waals surface area (Å²) in [6, 6.07) is 5.00. The fraction of sp³-hybridized carbons (Fsp3) is 0.500. The number of pyridine rings is 1. The van der Waals surface area contributed by atoms with Crippen molar-refractivity contribution in [2.75, 3.05) is 33.4 Å². The highest BCUT2D eigenvalue weighted by Gasteiger charge is 2.28. The van der Waals surface area contributed by atoms with Gasteiger partial charge < -0.3 is 19.4 Å². The first kappa shape index (κ1) is 22.3. The van der Waals surface area contributed by atoms with Crippen LogP contribution in [0.1, 0.15) is 35.3 Å². The molecule has 0 radical (unpaired) electrons. The number of amides is 1. The summed E-state index contributed by atoms with van der Waals surface area (Å²) in [4.78, 5) is 17.0. The predicted molar refractivity (Wildman–Crippen MR) is 111 cm³/mol. The second kappa shape index (κ2) is 10.1. The van der Waals surface area contributed by atoms with Gasteiger partial charge in [0.15, 0.2) is 0 Å². The highest BCUT2D eigenvalue weighted by molar-refractivity contribution is 7.89. The molecule has 0 aromatic carbocycles. The molecule has 1 saturated heterocycles. The summed E-state index contributed by atoms with van der Waals surface area (Å²) in [7, 11) is -0.347. The molecule has 1 aliphatic rings. The van der Waals surface area contributed by atoms with Crippen LogP contribution in [0.15, 0.2) is 35.5 Å². The lowest BCUT2D eigenvalue weighted by Crippen LogP contribution is -2.35. The van der Waals surface area contributed by atoms with Crippen LogP contribution in [0.4, 0.5) is 0 Å². The number of carbonyl (C=O) groups excluding carboxylic acids is 1. The van der Waals surface area contributed by atoms with Crippen molar-refractivity contribution in [2.45, 2.75) is 30.7 Å². The van der Waals surface area contributed by atoms with Crippen LogP contribution in [0.3, 0.4) is 0 Å². The van der Waals surface area contributed by atoms with E-state index in [0.29, 0.717) is 32.2 Å².